The van der Waals surface area contributed by atoms with Gasteiger partial charge in [0.2, 0.25) is 0 Å². The maximum Gasteiger partial charge on any atom is 0.258 e. The number of carbonyl (C=O) groups is 1. The Kier molecular flexibility index (Phi) is 4.12. The topological polar surface area (TPSA) is 29.5 Å². The number of nitrogens with zero attached hydrogens (tertiary/aromatic N) is 1. The highest BCUT2D eigenvalue weighted by atomic mass is 32.1. The zero-order valence-electron chi connectivity index (χ0n) is 10.8. The fourth-order valence-electron chi connectivity index (χ4n) is 1.77. The van der Waals surface area contributed by atoms with Crippen molar-refractivity contribution in [2.24, 2.45) is 0 Å². The molecule has 0 unspecified atom stereocenters. The quantitative estimate of drug-likeness (QED) is 0.870. The van der Waals surface area contributed by atoms with Gasteiger partial charge in [-0.1, -0.05) is 12.1 Å². The Balaban J connectivity index is 2.28. The number of thiol groups is 1. The molecule has 3 nitrogen and oxygen atoms in total. The summed E-state index contributed by atoms with van der Waals surface area (Å²) in [6.07, 6.45) is 0. The Morgan fingerprint density at radius 2 is 1.89 bits per heavy atom. The van der Waals surface area contributed by atoms with Gasteiger partial charge >= 0.3 is 0 Å². The molecule has 0 fully saturated rings. The molecule has 4 heteroatoms. The summed E-state index contributed by atoms with van der Waals surface area (Å²) < 4.78 is 5.16. The first-order valence-corrected chi connectivity index (χ1v) is 6.27. The van der Waals surface area contributed by atoms with E-state index in [4.69, 9.17) is 4.74 Å². The Bertz CT molecular complexity index is 598. The predicted molar refractivity (Wildman–Crippen MR) is 79.4 cm³/mol. The number of benzene rings is 2. The SMILES string of the molecule is COc1cccc(N(C)C(=O)c2cccc(S)c2)c1. The molecule has 0 bridgehead atoms. The lowest BCUT2D eigenvalue weighted by Gasteiger charge is -2.18. The van der Waals surface area contributed by atoms with Gasteiger partial charge in [-0.3, -0.25) is 4.79 Å². The van der Waals surface area contributed by atoms with E-state index < -0.39 is 0 Å². The largest absolute Gasteiger partial charge is 0.497 e. The van der Waals surface area contributed by atoms with Crippen molar-refractivity contribution in [3.63, 3.8) is 0 Å². The molecule has 0 saturated heterocycles. The maximum atomic E-state index is 12.3. The van der Waals surface area contributed by atoms with Crippen molar-refractivity contribution < 1.29 is 9.53 Å². The number of ether oxygens (including phenoxy) is 1. The Morgan fingerprint density at radius 1 is 1.16 bits per heavy atom. The molecule has 19 heavy (non-hydrogen) atoms. The van der Waals surface area contributed by atoms with Crippen LogP contribution in [-0.4, -0.2) is 20.1 Å². The minimum absolute atomic E-state index is 0.0795. The summed E-state index contributed by atoms with van der Waals surface area (Å²) in [7, 11) is 3.34. The fraction of sp³-hybridized carbons (Fsp3) is 0.133. The summed E-state index contributed by atoms with van der Waals surface area (Å²) in [4.78, 5) is 14.7. The summed E-state index contributed by atoms with van der Waals surface area (Å²) in [5.41, 5.74) is 1.40. The molecule has 98 valence electrons. The second kappa shape index (κ2) is 5.80. The molecule has 0 radical (unpaired) electrons. The highest BCUT2D eigenvalue weighted by Crippen LogP contribution is 2.22. The van der Waals surface area contributed by atoms with E-state index in [0.717, 1.165) is 16.3 Å². The molecule has 2 aromatic carbocycles. The minimum Gasteiger partial charge on any atom is -0.497 e. The van der Waals surface area contributed by atoms with Gasteiger partial charge in [0.1, 0.15) is 5.75 Å². The van der Waals surface area contributed by atoms with Crippen LogP contribution in [0.1, 0.15) is 10.4 Å². The van der Waals surface area contributed by atoms with Gasteiger partial charge in [0.15, 0.2) is 0 Å². The molecule has 0 atom stereocenters. The van der Waals surface area contributed by atoms with Crippen LogP contribution in [0.25, 0.3) is 0 Å². The molecule has 2 rings (SSSR count). The smallest absolute Gasteiger partial charge is 0.258 e. The van der Waals surface area contributed by atoms with Crippen LogP contribution in [0.4, 0.5) is 5.69 Å². The van der Waals surface area contributed by atoms with Crippen molar-refractivity contribution in [1.29, 1.82) is 0 Å². The van der Waals surface area contributed by atoms with Gasteiger partial charge in [0.25, 0.3) is 5.91 Å². The van der Waals surface area contributed by atoms with E-state index in [2.05, 4.69) is 12.6 Å². The van der Waals surface area contributed by atoms with E-state index in [0.29, 0.717) is 5.56 Å². The van der Waals surface area contributed by atoms with E-state index in [1.54, 1.807) is 31.2 Å². The lowest BCUT2D eigenvalue weighted by atomic mass is 10.2. The molecule has 2 aromatic rings. The van der Waals surface area contributed by atoms with E-state index in [1.807, 2.05) is 36.4 Å². The third-order valence-electron chi connectivity index (χ3n) is 2.84. The van der Waals surface area contributed by atoms with Crippen LogP contribution >= 0.6 is 12.6 Å². The van der Waals surface area contributed by atoms with Gasteiger partial charge in [0, 0.05) is 29.3 Å². The van der Waals surface area contributed by atoms with Crippen molar-refractivity contribution in [2.75, 3.05) is 19.1 Å². The van der Waals surface area contributed by atoms with Crippen molar-refractivity contribution in [3.05, 3.63) is 54.1 Å². The minimum atomic E-state index is -0.0795. The Hall–Kier alpha value is -1.94. The molecule has 1 amide bonds. The summed E-state index contributed by atoms with van der Waals surface area (Å²) in [5, 5.41) is 0. The fourth-order valence-corrected chi connectivity index (χ4v) is 1.99. The number of hydrogen-bond acceptors (Lipinski definition) is 3. The first-order chi connectivity index (χ1) is 9.11. The van der Waals surface area contributed by atoms with Crippen molar-refractivity contribution in [1.82, 2.24) is 0 Å². The highest BCUT2D eigenvalue weighted by Gasteiger charge is 2.13. The van der Waals surface area contributed by atoms with Crippen LogP contribution in [0.15, 0.2) is 53.4 Å². The second-order valence-electron chi connectivity index (χ2n) is 4.12. The van der Waals surface area contributed by atoms with Crippen LogP contribution in [0.2, 0.25) is 0 Å². The van der Waals surface area contributed by atoms with Gasteiger partial charge in [-0.25, -0.2) is 0 Å². The zero-order chi connectivity index (χ0) is 13.8. The molecule has 0 aliphatic rings. The van der Waals surface area contributed by atoms with Gasteiger partial charge in [-0.05, 0) is 30.3 Å². The van der Waals surface area contributed by atoms with Crippen LogP contribution < -0.4 is 9.64 Å². The lowest BCUT2D eigenvalue weighted by Crippen LogP contribution is -2.26. The summed E-state index contributed by atoms with van der Waals surface area (Å²) in [6.45, 7) is 0. The molecular weight excluding hydrogens is 258 g/mol. The zero-order valence-corrected chi connectivity index (χ0v) is 11.7. The van der Waals surface area contributed by atoms with Gasteiger partial charge in [0.05, 0.1) is 7.11 Å². The Morgan fingerprint density at radius 3 is 2.58 bits per heavy atom. The normalized spacial score (nSPS) is 10.1. The predicted octanol–water partition coefficient (Wildman–Crippen LogP) is 3.26. The number of carbonyl (C=O) groups excluding carboxylic acids is 1. The molecule has 0 aliphatic heterocycles. The number of amides is 1. The number of hydrogen-bond donors (Lipinski definition) is 1. The molecule has 0 saturated carbocycles. The van der Waals surface area contributed by atoms with E-state index in [1.165, 1.54) is 0 Å². The van der Waals surface area contributed by atoms with E-state index in [9.17, 15) is 4.79 Å². The third kappa shape index (κ3) is 3.09. The maximum absolute atomic E-state index is 12.3. The van der Waals surface area contributed by atoms with Gasteiger partial charge in [-0.15, -0.1) is 12.6 Å². The van der Waals surface area contributed by atoms with Crippen molar-refractivity contribution in [2.45, 2.75) is 4.90 Å². The van der Waals surface area contributed by atoms with Gasteiger partial charge < -0.3 is 9.64 Å². The monoisotopic (exact) mass is 273 g/mol. The van der Waals surface area contributed by atoms with E-state index in [-0.39, 0.29) is 5.91 Å². The molecule has 0 heterocycles. The lowest BCUT2D eigenvalue weighted by molar-refractivity contribution is 0.0993. The number of methoxy groups -OCH3 is 1. The Labute approximate surface area is 118 Å². The summed E-state index contributed by atoms with van der Waals surface area (Å²) >= 11 is 4.25. The van der Waals surface area contributed by atoms with Gasteiger partial charge in [-0.2, -0.15) is 0 Å². The molecule has 0 aromatic heterocycles. The van der Waals surface area contributed by atoms with Crippen LogP contribution in [0, 0.1) is 0 Å². The highest BCUT2D eigenvalue weighted by molar-refractivity contribution is 7.80. The summed E-state index contributed by atoms with van der Waals surface area (Å²) in [5.74, 6) is 0.643. The molecule has 0 spiro atoms. The average molecular weight is 273 g/mol. The van der Waals surface area contributed by atoms with Crippen LogP contribution in [0.5, 0.6) is 5.75 Å². The van der Waals surface area contributed by atoms with Crippen LogP contribution in [0.3, 0.4) is 0 Å². The standard InChI is InChI=1S/C15H15NO2S/c1-16(12-6-4-7-13(10-12)18-2)15(17)11-5-3-8-14(19)9-11/h3-10,19H,1-2H3. The number of rotatable bonds is 3. The molecule has 0 aliphatic carbocycles. The number of anilines is 1. The first kappa shape index (κ1) is 13.5. The van der Waals surface area contributed by atoms with Crippen LogP contribution in [-0.2, 0) is 0 Å². The van der Waals surface area contributed by atoms with Crippen molar-refractivity contribution in [3.8, 4) is 5.75 Å². The second-order valence-corrected chi connectivity index (χ2v) is 4.63. The van der Waals surface area contributed by atoms with Crippen molar-refractivity contribution >= 4 is 24.2 Å². The molecular formula is C15H15NO2S. The summed E-state index contributed by atoms with van der Waals surface area (Å²) in [6, 6.07) is 14.6. The average Bonchev–Trinajstić information content (AvgIpc) is 2.45. The van der Waals surface area contributed by atoms with E-state index >= 15 is 0 Å². The third-order valence-corrected chi connectivity index (χ3v) is 3.12. The molecule has 0 N–H and O–H groups in total. The first-order valence-electron chi connectivity index (χ1n) is 5.83.